The third-order valence-corrected chi connectivity index (χ3v) is 6.29. The standard InChI is InChI=1S/C18H24N2O5S/c1-26(23,24)20-9-7-14(8-10-20)18(22)25-12-17(21)19-16-6-5-13-3-2-4-15(13)11-16/h5-6,11,14H,2-4,7-10,12H2,1H3,(H,19,21). The molecule has 7 nitrogen and oxygen atoms in total. The molecule has 0 bridgehead atoms. The lowest BCUT2D eigenvalue weighted by Gasteiger charge is -2.28. The van der Waals surface area contributed by atoms with Gasteiger partial charge in [0.1, 0.15) is 0 Å². The van der Waals surface area contributed by atoms with Crippen LogP contribution in [0.15, 0.2) is 18.2 Å². The van der Waals surface area contributed by atoms with Crippen molar-refractivity contribution < 1.29 is 22.7 Å². The summed E-state index contributed by atoms with van der Waals surface area (Å²) in [6, 6.07) is 5.87. The predicted octanol–water partition coefficient (Wildman–Crippen LogP) is 1.33. The van der Waals surface area contributed by atoms with E-state index in [1.54, 1.807) is 0 Å². The lowest BCUT2D eigenvalue weighted by Crippen LogP contribution is -2.40. The molecule has 26 heavy (non-hydrogen) atoms. The number of amides is 1. The van der Waals surface area contributed by atoms with Crippen LogP contribution in [-0.4, -0.2) is 50.6 Å². The lowest BCUT2D eigenvalue weighted by molar-refractivity contribution is -0.152. The van der Waals surface area contributed by atoms with Crippen molar-refractivity contribution >= 4 is 27.6 Å². The van der Waals surface area contributed by atoms with E-state index in [9.17, 15) is 18.0 Å². The summed E-state index contributed by atoms with van der Waals surface area (Å²) in [4.78, 5) is 24.1. The second kappa shape index (κ2) is 7.75. The van der Waals surface area contributed by atoms with Crippen LogP contribution in [-0.2, 0) is 37.2 Å². The number of carbonyl (C=O) groups excluding carboxylic acids is 2. The first kappa shape index (κ1) is 18.8. The molecule has 1 N–H and O–H groups in total. The molecular formula is C18H24N2O5S. The van der Waals surface area contributed by atoms with Gasteiger partial charge in [-0.3, -0.25) is 9.59 Å². The van der Waals surface area contributed by atoms with Crippen LogP contribution >= 0.6 is 0 Å². The summed E-state index contributed by atoms with van der Waals surface area (Å²) in [6.45, 7) is 0.280. The van der Waals surface area contributed by atoms with E-state index in [2.05, 4.69) is 5.32 Å². The number of piperidine rings is 1. The molecule has 8 heteroatoms. The van der Waals surface area contributed by atoms with E-state index < -0.39 is 16.0 Å². The summed E-state index contributed by atoms with van der Waals surface area (Å²) in [7, 11) is -3.22. The number of aryl methyl sites for hydroxylation is 2. The van der Waals surface area contributed by atoms with Crippen LogP contribution in [0.2, 0.25) is 0 Å². The molecule has 0 saturated carbocycles. The highest BCUT2D eigenvalue weighted by atomic mass is 32.2. The summed E-state index contributed by atoms with van der Waals surface area (Å²) in [5.41, 5.74) is 3.31. The molecule has 2 aliphatic rings. The Morgan fingerprint density at radius 3 is 2.58 bits per heavy atom. The number of esters is 1. The fraction of sp³-hybridized carbons (Fsp3) is 0.556. The van der Waals surface area contributed by atoms with E-state index in [1.807, 2.05) is 18.2 Å². The smallest absolute Gasteiger partial charge is 0.309 e. The highest BCUT2D eigenvalue weighted by Crippen LogP contribution is 2.25. The van der Waals surface area contributed by atoms with Crippen molar-refractivity contribution in [2.24, 2.45) is 5.92 Å². The molecule has 1 saturated heterocycles. The number of rotatable bonds is 5. The van der Waals surface area contributed by atoms with Crippen molar-refractivity contribution in [3.05, 3.63) is 29.3 Å². The molecular weight excluding hydrogens is 356 g/mol. The fourth-order valence-corrected chi connectivity index (χ4v) is 4.40. The Bertz CT molecular complexity index is 798. The summed E-state index contributed by atoms with van der Waals surface area (Å²) in [6.07, 6.45) is 5.24. The number of benzene rings is 1. The highest BCUT2D eigenvalue weighted by Gasteiger charge is 2.30. The van der Waals surface area contributed by atoms with Crippen molar-refractivity contribution in [3.8, 4) is 0 Å². The van der Waals surface area contributed by atoms with Crippen molar-refractivity contribution in [3.63, 3.8) is 0 Å². The molecule has 3 rings (SSSR count). The number of ether oxygens (including phenoxy) is 1. The molecule has 0 spiro atoms. The molecule has 1 aromatic rings. The summed E-state index contributed by atoms with van der Waals surface area (Å²) in [5, 5.41) is 2.75. The van der Waals surface area contributed by atoms with Crippen LogP contribution < -0.4 is 5.32 Å². The maximum Gasteiger partial charge on any atom is 0.309 e. The topological polar surface area (TPSA) is 92.8 Å². The number of anilines is 1. The molecule has 142 valence electrons. The van der Waals surface area contributed by atoms with Crippen LogP contribution in [0.1, 0.15) is 30.4 Å². The Hall–Kier alpha value is -1.93. The number of nitrogens with zero attached hydrogens (tertiary/aromatic N) is 1. The van der Waals surface area contributed by atoms with Gasteiger partial charge in [0.2, 0.25) is 10.0 Å². The van der Waals surface area contributed by atoms with E-state index in [-0.39, 0.29) is 18.4 Å². The third kappa shape index (κ3) is 4.62. The monoisotopic (exact) mass is 380 g/mol. The number of hydrogen-bond donors (Lipinski definition) is 1. The molecule has 1 aliphatic carbocycles. The van der Waals surface area contributed by atoms with Crippen LogP contribution in [0.25, 0.3) is 0 Å². The first-order valence-electron chi connectivity index (χ1n) is 8.86. The number of fused-ring (bicyclic) bond motifs is 1. The average molecular weight is 380 g/mol. The predicted molar refractivity (Wildman–Crippen MR) is 97.2 cm³/mol. The van der Waals surface area contributed by atoms with Crippen molar-refractivity contribution in [2.45, 2.75) is 32.1 Å². The summed E-state index contributed by atoms with van der Waals surface area (Å²) in [5.74, 6) is -1.17. The van der Waals surface area contributed by atoms with E-state index in [0.717, 1.165) is 25.5 Å². The minimum absolute atomic E-state index is 0.305. The van der Waals surface area contributed by atoms with Crippen LogP contribution in [0.4, 0.5) is 5.69 Å². The van der Waals surface area contributed by atoms with Gasteiger partial charge in [-0.05, 0) is 55.4 Å². The van der Waals surface area contributed by atoms with Gasteiger partial charge in [0.15, 0.2) is 6.61 Å². The van der Waals surface area contributed by atoms with Crippen molar-refractivity contribution in [2.75, 3.05) is 31.3 Å². The van der Waals surface area contributed by atoms with Gasteiger partial charge >= 0.3 is 5.97 Å². The fourth-order valence-electron chi connectivity index (χ4n) is 3.52. The number of hydrogen-bond acceptors (Lipinski definition) is 5. The zero-order chi connectivity index (χ0) is 18.7. The Morgan fingerprint density at radius 2 is 1.88 bits per heavy atom. The Morgan fingerprint density at radius 1 is 1.19 bits per heavy atom. The second-order valence-corrected chi connectivity index (χ2v) is 8.91. The van der Waals surface area contributed by atoms with Gasteiger partial charge in [0, 0.05) is 18.8 Å². The molecule has 0 unspecified atom stereocenters. The van der Waals surface area contributed by atoms with E-state index in [4.69, 9.17) is 4.74 Å². The van der Waals surface area contributed by atoms with Crippen LogP contribution in [0.3, 0.4) is 0 Å². The molecule has 1 heterocycles. The van der Waals surface area contributed by atoms with Gasteiger partial charge in [-0.1, -0.05) is 6.07 Å². The Balaban J connectivity index is 1.44. The zero-order valence-electron chi connectivity index (χ0n) is 14.9. The van der Waals surface area contributed by atoms with Crippen LogP contribution in [0, 0.1) is 5.92 Å². The summed E-state index contributed by atoms with van der Waals surface area (Å²) >= 11 is 0. The van der Waals surface area contributed by atoms with E-state index >= 15 is 0 Å². The molecule has 0 aromatic heterocycles. The molecule has 0 atom stereocenters. The molecule has 0 radical (unpaired) electrons. The zero-order valence-corrected chi connectivity index (χ0v) is 15.7. The molecule has 1 aromatic carbocycles. The normalized spacial score (nSPS) is 18.3. The van der Waals surface area contributed by atoms with Crippen molar-refractivity contribution in [1.82, 2.24) is 4.31 Å². The highest BCUT2D eigenvalue weighted by molar-refractivity contribution is 7.88. The van der Waals surface area contributed by atoms with Gasteiger partial charge in [0.25, 0.3) is 5.91 Å². The van der Waals surface area contributed by atoms with Crippen LogP contribution in [0.5, 0.6) is 0 Å². The molecule has 1 fully saturated rings. The second-order valence-electron chi connectivity index (χ2n) is 6.93. The largest absolute Gasteiger partial charge is 0.455 e. The third-order valence-electron chi connectivity index (χ3n) is 4.98. The number of nitrogens with one attached hydrogen (secondary N) is 1. The molecule has 1 aliphatic heterocycles. The van der Waals surface area contributed by atoms with E-state index in [0.29, 0.717) is 31.6 Å². The first-order chi connectivity index (χ1) is 12.3. The molecule has 1 amide bonds. The van der Waals surface area contributed by atoms with Crippen molar-refractivity contribution in [1.29, 1.82) is 0 Å². The van der Waals surface area contributed by atoms with E-state index in [1.165, 1.54) is 15.4 Å². The van der Waals surface area contributed by atoms with Gasteiger partial charge in [-0.2, -0.15) is 0 Å². The van der Waals surface area contributed by atoms with Gasteiger partial charge < -0.3 is 10.1 Å². The summed E-state index contributed by atoms with van der Waals surface area (Å²) < 4.78 is 29.4. The SMILES string of the molecule is CS(=O)(=O)N1CCC(C(=O)OCC(=O)Nc2ccc3c(c2)CCC3)CC1. The first-order valence-corrected chi connectivity index (χ1v) is 10.7. The maximum absolute atomic E-state index is 12.1. The van der Waals surface area contributed by atoms with Gasteiger partial charge in [-0.25, -0.2) is 12.7 Å². The number of carbonyl (C=O) groups is 2. The minimum Gasteiger partial charge on any atom is -0.455 e. The quantitative estimate of drug-likeness (QED) is 0.778. The lowest BCUT2D eigenvalue weighted by atomic mass is 9.98. The number of sulfonamides is 1. The van der Waals surface area contributed by atoms with Gasteiger partial charge in [0.05, 0.1) is 12.2 Å². The minimum atomic E-state index is -3.22. The maximum atomic E-state index is 12.1. The van der Waals surface area contributed by atoms with Gasteiger partial charge in [-0.15, -0.1) is 0 Å². The Kier molecular flexibility index (Phi) is 5.62. The average Bonchev–Trinajstić information content (AvgIpc) is 3.07. The Labute approximate surface area is 153 Å².